The van der Waals surface area contributed by atoms with E-state index in [1.54, 1.807) is 0 Å². The third-order valence-electron chi connectivity index (χ3n) is 1.11. The topological polar surface area (TPSA) is 104 Å². The normalized spacial score (nSPS) is 9.80. The van der Waals surface area contributed by atoms with Gasteiger partial charge in [0.1, 0.15) is 23.6 Å². The Hall–Kier alpha value is -1.85. The fraction of sp³-hybridized carbons (Fsp3) is 0.444. The van der Waals surface area contributed by atoms with Crippen molar-refractivity contribution in [2.45, 2.75) is 26.4 Å². The van der Waals surface area contributed by atoms with Crippen molar-refractivity contribution in [3.63, 3.8) is 0 Å². The summed E-state index contributed by atoms with van der Waals surface area (Å²) in [6.45, 7) is 5.92. The average Bonchev–Trinajstić information content (AvgIpc) is 2.01. The third-order valence-corrected chi connectivity index (χ3v) is 1.11. The first kappa shape index (κ1) is 13.2. The predicted molar refractivity (Wildman–Crippen MR) is 57.8 cm³/mol. The zero-order chi connectivity index (χ0) is 11.9. The number of carbonyl (C=O) groups excluding carboxylic acids is 1. The molecule has 0 bridgehead atoms. The zero-order valence-electron chi connectivity index (χ0n) is 9.10. The molecular formula is C9H16N4O2. The van der Waals surface area contributed by atoms with Gasteiger partial charge in [-0.05, 0) is 20.8 Å². The lowest BCUT2D eigenvalue weighted by atomic mass is 10.2. The summed E-state index contributed by atoms with van der Waals surface area (Å²) in [6.07, 6.45) is 1.32. The Bertz CT molecular complexity index is 292. The molecule has 0 aliphatic carbocycles. The fourth-order valence-electron chi connectivity index (χ4n) is 0.533. The Balaban J connectivity index is 0.000000265. The number of nitrogens with two attached hydrogens (primary N) is 2. The van der Waals surface area contributed by atoms with Gasteiger partial charge >= 0.3 is 0 Å². The number of hydrogen-bond donors (Lipinski definition) is 2. The van der Waals surface area contributed by atoms with Crippen molar-refractivity contribution in [3.8, 4) is 0 Å². The fourth-order valence-corrected chi connectivity index (χ4v) is 0.533. The molecule has 6 nitrogen and oxygen atoms in total. The Morgan fingerprint density at radius 2 is 1.73 bits per heavy atom. The molecule has 0 saturated carbocycles. The van der Waals surface area contributed by atoms with Gasteiger partial charge in [0.2, 0.25) is 0 Å². The van der Waals surface area contributed by atoms with Crippen LogP contribution in [0.5, 0.6) is 0 Å². The summed E-state index contributed by atoms with van der Waals surface area (Å²) in [4.78, 5) is 16.9. The molecule has 1 aromatic heterocycles. The maximum atomic E-state index is 9.60. The summed E-state index contributed by atoms with van der Waals surface area (Å²) in [6, 6.07) is 1.50. The maximum Gasteiger partial charge on any atom is 0.293 e. The number of aromatic nitrogens is 2. The first-order valence-electron chi connectivity index (χ1n) is 4.29. The van der Waals surface area contributed by atoms with Crippen molar-refractivity contribution in [2.75, 3.05) is 11.5 Å². The van der Waals surface area contributed by atoms with Crippen LogP contribution in [0.25, 0.3) is 0 Å². The van der Waals surface area contributed by atoms with Crippen molar-refractivity contribution in [3.05, 3.63) is 12.4 Å². The minimum Gasteiger partial charge on any atom is -0.462 e. The van der Waals surface area contributed by atoms with Crippen LogP contribution in [0.15, 0.2) is 12.4 Å². The number of rotatable bonds is 1. The summed E-state index contributed by atoms with van der Waals surface area (Å²) < 4.78 is 4.55. The molecule has 0 saturated heterocycles. The van der Waals surface area contributed by atoms with Gasteiger partial charge in [-0.25, -0.2) is 9.97 Å². The van der Waals surface area contributed by atoms with Gasteiger partial charge in [-0.2, -0.15) is 0 Å². The van der Waals surface area contributed by atoms with Crippen molar-refractivity contribution < 1.29 is 9.53 Å². The van der Waals surface area contributed by atoms with E-state index in [0.717, 1.165) is 0 Å². The highest BCUT2D eigenvalue weighted by molar-refractivity contribution is 5.38. The predicted octanol–water partition coefficient (Wildman–Crippen LogP) is 0.599. The van der Waals surface area contributed by atoms with Crippen LogP contribution in [0.2, 0.25) is 0 Å². The average molecular weight is 212 g/mol. The second-order valence-electron chi connectivity index (χ2n) is 3.69. The van der Waals surface area contributed by atoms with Crippen LogP contribution in [0.3, 0.4) is 0 Å². The summed E-state index contributed by atoms with van der Waals surface area (Å²) in [5.41, 5.74) is 10.1. The van der Waals surface area contributed by atoms with Gasteiger partial charge in [0.15, 0.2) is 0 Å². The van der Waals surface area contributed by atoms with E-state index in [2.05, 4.69) is 14.7 Å². The van der Waals surface area contributed by atoms with Crippen LogP contribution in [-0.2, 0) is 9.53 Å². The lowest BCUT2D eigenvalue weighted by Gasteiger charge is -2.14. The van der Waals surface area contributed by atoms with Crippen LogP contribution < -0.4 is 11.5 Å². The monoisotopic (exact) mass is 212 g/mol. The van der Waals surface area contributed by atoms with Crippen molar-refractivity contribution in [1.29, 1.82) is 0 Å². The summed E-state index contributed by atoms with van der Waals surface area (Å²) >= 11 is 0. The molecule has 0 radical (unpaired) electrons. The largest absolute Gasteiger partial charge is 0.462 e. The van der Waals surface area contributed by atoms with E-state index in [1.807, 2.05) is 20.8 Å². The molecule has 0 aromatic carbocycles. The Morgan fingerprint density at radius 3 is 1.87 bits per heavy atom. The zero-order valence-corrected chi connectivity index (χ0v) is 9.10. The molecule has 0 aliphatic rings. The molecule has 6 heteroatoms. The number of anilines is 2. The van der Waals surface area contributed by atoms with Crippen LogP contribution in [0.1, 0.15) is 20.8 Å². The van der Waals surface area contributed by atoms with Crippen LogP contribution >= 0.6 is 0 Å². The van der Waals surface area contributed by atoms with E-state index in [1.165, 1.54) is 12.4 Å². The first-order valence-corrected chi connectivity index (χ1v) is 4.29. The van der Waals surface area contributed by atoms with Gasteiger partial charge in [-0.3, -0.25) is 4.79 Å². The van der Waals surface area contributed by atoms with Gasteiger partial charge in [-0.1, -0.05) is 0 Å². The first-order chi connectivity index (χ1) is 6.85. The minimum atomic E-state index is -0.318. The summed E-state index contributed by atoms with van der Waals surface area (Å²) in [5, 5.41) is 0. The van der Waals surface area contributed by atoms with E-state index < -0.39 is 0 Å². The highest BCUT2D eigenvalue weighted by atomic mass is 16.5. The van der Waals surface area contributed by atoms with E-state index in [0.29, 0.717) is 18.1 Å². The SMILES string of the molecule is CC(C)(C)OC=O.Nc1cc(N)ncn1. The molecule has 0 unspecified atom stereocenters. The van der Waals surface area contributed by atoms with Crippen molar-refractivity contribution in [2.24, 2.45) is 0 Å². The molecule has 15 heavy (non-hydrogen) atoms. The third kappa shape index (κ3) is 8.48. The number of ether oxygens (including phenoxy) is 1. The number of nitrogen functional groups attached to an aromatic ring is 2. The number of carbonyl (C=O) groups is 1. The molecule has 0 amide bonds. The van der Waals surface area contributed by atoms with Gasteiger partial charge in [-0.15, -0.1) is 0 Å². The molecule has 1 rings (SSSR count). The molecule has 4 N–H and O–H groups in total. The Labute approximate surface area is 88.7 Å². The molecule has 0 atom stereocenters. The van der Waals surface area contributed by atoms with Gasteiger partial charge in [0.25, 0.3) is 6.47 Å². The standard InChI is InChI=1S/C5H10O2.C4H6N4/c1-5(2,3)7-4-6;5-3-1-4(6)8-2-7-3/h4H,1-3H3;1-2H,(H4,5,6,7,8). The molecule has 84 valence electrons. The lowest BCUT2D eigenvalue weighted by molar-refractivity contribution is -0.138. The smallest absolute Gasteiger partial charge is 0.293 e. The quantitative estimate of drug-likeness (QED) is 0.660. The number of hydrogen-bond acceptors (Lipinski definition) is 6. The van der Waals surface area contributed by atoms with Crippen LogP contribution in [-0.4, -0.2) is 22.0 Å². The summed E-state index contributed by atoms with van der Waals surface area (Å²) in [7, 11) is 0. The van der Waals surface area contributed by atoms with E-state index in [9.17, 15) is 4.79 Å². The lowest BCUT2D eigenvalue weighted by Crippen LogP contribution is -2.17. The Kier molecular flexibility index (Phi) is 5.08. The van der Waals surface area contributed by atoms with Crippen molar-refractivity contribution >= 4 is 18.1 Å². The molecular weight excluding hydrogens is 196 g/mol. The molecule has 0 spiro atoms. The summed E-state index contributed by atoms with van der Waals surface area (Å²) in [5.74, 6) is 0.801. The van der Waals surface area contributed by atoms with E-state index in [4.69, 9.17) is 11.5 Å². The highest BCUT2D eigenvalue weighted by Crippen LogP contribution is 2.02. The second kappa shape index (κ2) is 5.79. The molecule has 1 heterocycles. The molecule has 0 aliphatic heterocycles. The van der Waals surface area contributed by atoms with Crippen molar-refractivity contribution in [1.82, 2.24) is 9.97 Å². The Morgan fingerprint density at radius 1 is 1.27 bits per heavy atom. The van der Waals surface area contributed by atoms with Crippen LogP contribution in [0, 0.1) is 0 Å². The van der Waals surface area contributed by atoms with Gasteiger partial charge in [0, 0.05) is 6.07 Å². The van der Waals surface area contributed by atoms with E-state index in [-0.39, 0.29) is 5.60 Å². The van der Waals surface area contributed by atoms with E-state index >= 15 is 0 Å². The highest BCUT2D eigenvalue weighted by Gasteiger charge is 2.07. The molecule has 0 fully saturated rings. The maximum absolute atomic E-state index is 9.60. The van der Waals surface area contributed by atoms with Crippen LogP contribution in [0.4, 0.5) is 11.6 Å². The number of nitrogens with zero attached hydrogens (tertiary/aromatic N) is 2. The minimum absolute atomic E-state index is 0.318. The molecule has 1 aromatic rings. The van der Waals surface area contributed by atoms with Gasteiger partial charge < -0.3 is 16.2 Å². The van der Waals surface area contributed by atoms with Gasteiger partial charge in [0.05, 0.1) is 0 Å². The second-order valence-corrected chi connectivity index (χ2v) is 3.69.